The van der Waals surface area contributed by atoms with Crippen molar-refractivity contribution in [1.82, 2.24) is 9.62 Å². The van der Waals surface area contributed by atoms with E-state index < -0.39 is 15.4 Å². The van der Waals surface area contributed by atoms with Gasteiger partial charge in [-0.1, -0.05) is 19.1 Å². The SMILES string of the molecule is COc1ccc(CNC(=O)CN2C(=O)C(C)(C)c3cc(S(=O)(=O)N4CCC(C)CC4)ccc32)cc1. The highest BCUT2D eigenvalue weighted by atomic mass is 32.2. The third kappa shape index (κ3) is 4.92. The van der Waals surface area contributed by atoms with Crippen LogP contribution in [0.1, 0.15) is 44.7 Å². The van der Waals surface area contributed by atoms with Crippen molar-refractivity contribution in [1.29, 1.82) is 0 Å². The molecule has 2 aliphatic heterocycles. The van der Waals surface area contributed by atoms with Gasteiger partial charge >= 0.3 is 0 Å². The highest BCUT2D eigenvalue weighted by molar-refractivity contribution is 7.89. The zero-order valence-electron chi connectivity index (χ0n) is 20.7. The molecule has 188 valence electrons. The van der Waals surface area contributed by atoms with Crippen LogP contribution in [-0.2, 0) is 31.6 Å². The quantitative estimate of drug-likeness (QED) is 0.632. The molecule has 1 N–H and O–H groups in total. The molecule has 0 bridgehead atoms. The smallest absolute Gasteiger partial charge is 0.243 e. The van der Waals surface area contributed by atoms with Gasteiger partial charge in [0.1, 0.15) is 12.3 Å². The van der Waals surface area contributed by atoms with Crippen LogP contribution in [0.4, 0.5) is 5.69 Å². The number of hydrogen-bond acceptors (Lipinski definition) is 5. The zero-order valence-corrected chi connectivity index (χ0v) is 21.5. The summed E-state index contributed by atoms with van der Waals surface area (Å²) < 4.78 is 33.2. The lowest BCUT2D eigenvalue weighted by Gasteiger charge is -2.29. The molecule has 4 rings (SSSR count). The Bertz CT molecular complexity index is 1220. The van der Waals surface area contributed by atoms with Crippen molar-refractivity contribution in [3.05, 3.63) is 53.6 Å². The number of piperidine rings is 1. The summed E-state index contributed by atoms with van der Waals surface area (Å²) in [5, 5.41) is 2.85. The maximum Gasteiger partial charge on any atom is 0.243 e. The van der Waals surface area contributed by atoms with Gasteiger partial charge in [-0.05, 0) is 74.1 Å². The van der Waals surface area contributed by atoms with Crippen LogP contribution in [0.3, 0.4) is 0 Å². The fourth-order valence-corrected chi connectivity index (χ4v) is 6.14. The normalized spacial score (nSPS) is 18.4. The fourth-order valence-electron chi connectivity index (χ4n) is 4.65. The molecule has 2 aromatic rings. The maximum atomic E-state index is 13.3. The van der Waals surface area contributed by atoms with Crippen LogP contribution in [0.25, 0.3) is 0 Å². The van der Waals surface area contributed by atoms with Crippen molar-refractivity contribution in [2.75, 3.05) is 31.6 Å². The summed E-state index contributed by atoms with van der Waals surface area (Å²) in [6.45, 7) is 6.86. The minimum atomic E-state index is -3.64. The maximum absolute atomic E-state index is 13.3. The van der Waals surface area contributed by atoms with Crippen LogP contribution in [0.15, 0.2) is 47.4 Å². The Morgan fingerprint density at radius 1 is 1.11 bits per heavy atom. The number of carbonyl (C=O) groups is 2. The predicted octanol–water partition coefficient (Wildman–Crippen LogP) is 3.06. The molecule has 0 aromatic heterocycles. The van der Waals surface area contributed by atoms with Gasteiger partial charge in [-0.15, -0.1) is 0 Å². The third-order valence-corrected chi connectivity index (χ3v) is 8.94. The van der Waals surface area contributed by atoms with Gasteiger partial charge < -0.3 is 15.0 Å². The molecule has 2 aromatic carbocycles. The summed E-state index contributed by atoms with van der Waals surface area (Å²) in [4.78, 5) is 27.6. The van der Waals surface area contributed by atoms with E-state index in [2.05, 4.69) is 12.2 Å². The fraction of sp³-hybridized carbons (Fsp3) is 0.462. The van der Waals surface area contributed by atoms with Gasteiger partial charge in [0.25, 0.3) is 0 Å². The Kier molecular flexibility index (Phi) is 6.92. The van der Waals surface area contributed by atoms with Crippen molar-refractivity contribution in [3.63, 3.8) is 0 Å². The second kappa shape index (κ2) is 9.62. The van der Waals surface area contributed by atoms with E-state index >= 15 is 0 Å². The number of nitrogens with zero attached hydrogens (tertiary/aromatic N) is 2. The van der Waals surface area contributed by atoms with Crippen molar-refractivity contribution in [2.24, 2.45) is 5.92 Å². The number of methoxy groups -OCH3 is 1. The molecule has 2 amide bonds. The standard InChI is InChI=1S/C26H33N3O5S/c1-18-11-13-28(14-12-18)35(32,33)21-9-10-23-22(15-21)26(2,3)25(31)29(23)17-24(30)27-16-19-5-7-20(34-4)8-6-19/h5-10,15,18H,11-14,16-17H2,1-4H3,(H,27,30). The number of nitrogens with one attached hydrogen (secondary N) is 1. The molecule has 9 heteroatoms. The lowest BCUT2D eigenvalue weighted by Crippen LogP contribution is -2.42. The Morgan fingerprint density at radius 3 is 2.40 bits per heavy atom. The molecular formula is C26H33N3O5S. The Morgan fingerprint density at radius 2 is 1.77 bits per heavy atom. The second-order valence-corrected chi connectivity index (χ2v) is 11.8. The number of hydrogen-bond donors (Lipinski definition) is 1. The molecule has 8 nitrogen and oxygen atoms in total. The minimum Gasteiger partial charge on any atom is -0.497 e. The first-order chi connectivity index (χ1) is 16.5. The average Bonchev–Trinajstić information content (AvgIpc) is 3.03. The molecule has 2 aliphatic rings. The number of ether oxygens (including phenoxy) is 1. The van der Waals surface area contributed by atoms with E-state index in [4.69, 9.17) is 4.74 Å². The van der Waals surface area contributed by atoms with Gasteiger partial charge in [0.2, 0.25) is 21.8 Å². The molecule has 0 aliphatic carbocycles. The van der Waals surface area contributed by atoms with E-state index in [-0.39, 0.29) is 23.3 Å². The van der Waals surface area contributed by atoms with E-state index in [1.807, 2.05) is 24.3 Å². The molecule has 2 heterocycles. The van der Waals surface area contributed by atoms with Gasteiger partial charge in [-0.25, -0.2) is 8.42 Å². The van der Waals surface area contributed by atoms with E-state index in [9.17, 15) is 18.0 Å². The van der Waals surface area contributed by atoms with Crippen LogP contribution < -0.4 is 15.0 Å². The van der Waals surface area contributed by atoms with Crippen LogP contribution in [-0.4, -0.2) is 51.3 Å². The van der Waals surface area contributed by atoms with Gasteiger partial charge in [0, 0.05) is 25.3 Å². The van der Waals surface area contributed by atoms with Crippen molar-refractivity contribution < 1.29 is 22.7 Å². The third-order valence-electron chi connectivity index (χ3n) is 7.04. The Labute approximate surface area is 207 Å². The van der Waals surface area contributed by atoms with E-state index in [1.54, 1.807) is 39.2 Å². The molecule has 35 heavy (non-hydrogen) atoms. The molecule has 0 saturated carbocycles. The first kappa shape index (κ1) is 25.2. The molecule has 1 fully saturated rings. The van der Waals surface area contributed by atoms with E-state index in [0.717, 1.165) is 24.2 Å². The average molecular weight is 500 g/mol. The number of anilines is 1. The van der Waals surface area contributed by atoms with Gasteiger partial charge in [0.05, 0.1) is 17.4 Å². The minimum absolute atomic E-state index is 0.137. The van der Waals surface area contributed by atoms with Gasteiger partial charge in [0.15, 0.2) is 0 Å². The summed E-state index contributed by atoms with van der Waals surface area (Å²) in [6.07, 6.45) is 1.68. The summed E-state index contributed by atoms with van der Waals surface area (Å²) in [5.74, 6) is 0.727. The van der Waals surface area contributed by atoms with Crippen LogP contribution >= 0.6 is 0 Å². The number of carbonyl (C=O) groups excluding carboxylic acids is 2. The summed E-state index contributed by atoms with van der Waals surface area (Å²) >= 11 is 0. The second-order valence-electron chi connectivity index (χ2n) is 9.91. The lowest BCUT2D eigenvalue weighted by atomic mass is 9.86. The van der Waals surface area contributed by atoms with Crippen molar-refractivity contribution in [3.8, 4) is 5.75 Å². The van der Waals surface area contributed by atoms with Crippen LogP contribution in [0.2, 0.25) is 0 Å². The van der Waals surface area contributed by atoms with Crippen molar-refractivity contribution in [2.45, 2.75) is 50.5 Å². The lowest BCUT2D eigenvalue weighted by molar-refractivity contribution is -0.125. The topological polar surface area (TPSA) is 96.0 Å². The predicted molar refractivity (Wildman–Crippen MR) is 134 cm³/mol. The van der Waals surface area contributed by atoms with Crippen LogP contribution in [0.5, 0.6) is 5.75 Å². The summed E-state index contributed by atoms with van der Waals surface area (Å²) in [6, 6.07) is 12.2. The molecule has 0 atom stereocenters. The van der Waals surface area contributed by atoms with E-state index in [1.165, 1.54) is 9.21 Å². The Balaban J connectivity index is 1.50. The number of fused-ring (bicyclic) bond motifs is 1. The van der Waals surface area contributed by atoms with Crippen LogP contribution in [0, 0.1) is 5.92 Å². The highest BCUT2D eigenvalue weighted by Gasteiger charge is 2.45. The number of amides is 2. The zero-order chi connectivity index (χ0) is 25.4. The largest absolute Gasteiger partial charge is 0.497 e. The number of rotatable bonds is 7. The number of sulfonamides is 1. The Hall–Kier alpha value is -2.91. The molecule has 0 unspecified atom stereocenters. The number of benzene rings is 2. The summed E-state index contributed by atoms with van der Waals surface area (Å²) in [5.41, 5.74) is 1.17. The van der Waals surface area contributed by atoms with Gasteiger partial charge in [-0.2, -0.15) is 4.31 Å². The molecule has 0 spiro atoms. The first-order valence-corrected chi connectivity index (χ1v) is 13.3. The molecule has 1 saturated heterocycles. The molecule has 0 radical (unpaired) electrons. The molecular weight excluding hydrogens is 466 g/mol. The van der Waals surface area contributed by atoms with Crippen molar-refractivity contribution >= 4 is 27.5 Å². The monoisotopic (exact) mass is 499 g/mol. The highest BCUT2D eigenvalue weighted by Crippen LogP contribution is 2.42. The van der Waals surface area contributed by atoms with E-state index in [0.29, 0.717) is 36.8 Å². The van der Waals surface area contributed by atoms with Gasteiger partial charge in [-0.3, -0.25) is 9.59 Å². The summed E-state index contributed by atoms with van der Waals surface area (Å²) in [7, 11) is -2.05. The first-order valence-electron chi connectivity index (χ1n) is 11.9.